The van der Waals surface area contributed by atoms with Crippen molar-refractivity contribution < 1.29 is 14.1 Å². The van der Waals surface area contributed by atoms with E-state index in [4.69, 9.17) is 4.42 Å². The van der Waals surface area contributed by atoms with E-state index >= 15 is 0 Å². The molecular formula is C15H13N7O4. The molecule has 0 radical (unpaired) electrons. The Balaban J connectivity index is 1.84. The van der Waals surface area contributed by atoms with E-state index in [-0.39, 0.29) is 17.4 Å². The molecule has 3 N–H and O–H groups in total. The number of hydrazine groups is 1. The van der Waals surface area contributed by atoms with Crippen LogP contribution in [0.15, 0.2) is 47.5 Å². The van der Waals surface area contributed by atoms with E-state index in [2.05, 4.69) is 31.1 Å². The van der Waals surface area contributed by atoms with Crippen LogP contribution in [0, 0.1) is 17.0 Å². The predicted octanol–water partition coefficient (Wildman–Crippen LogP) is 2.18. The quantitative estimate of drug-likeness (QED) is 0.447. The maximum atomic E-state index is 11.9. The molecule has 3 rings (SSSR count). The minimum absolute atomic E-state index is 0.0384. The molecule has 3 heterocycles. The fourth-order valence-corrected chi connectivity index (χ4v) is 2.05. The number of aromatic nitrogens is 3. The van der Waals surface area contributed by atoms with Gasteiger partial charge >= 0.3 is 11.6 Å². The maximum absolute atomic E-state index is 11.9. The van der Waals surface area contributed by atoms with Gasteiger partial charge in [-0.1, -0.05) is 0 Å². The number of carbonyl (C=O) groups excluding carboxylic acids is 1. The number of pyridine rings is 1. The van der Waals surface area contributed by atoms with E-state index in [0.717, 1.165) is 11.9 Å². The van der Waals surface area contributed by atoms with Gasteiger partial charge in [-0.15, -0.1) is 0 Å². The largest absolute Gasteiger partial charge is 0.459 e. The summed E-state index contributed by atoms with van der Waals surface area (Å²) in [6.07, 6.45) is 4.01. The van der Waals surface area contributed by atoms with E-state index in [9.17, 15) is 14.9 Å². The first-order chi connectivity index (χ1) is 12.5. The number of nitrogens with zero attached hydrogens (tertiary/aromatic N) is 4. The SMILES string of the molecule is Cc1ccnc(Nc2ncnc(NNC(=O)c3ccco3)c2[N+](=O)[O-])c1. The lowest BCUT2D eigenvalue weighted by Crippen LogP contribution is -2.30. The Labute approximate surface area is 146 Å². The molecule has 26 heavy (non-hydrogen) atoms. The Hall–Kier alpha value is -4.02. The molecule has 0 bridgehead atoms. The summed E-state index contributed by atoms with van der Waals surface area (Å²) in [4.78, 5) is 34.4. The number of furan rings is 1. The van der Waals surface area contributed by atoms with Crippen molar-refractivity contribution in [3.05, 3.63) is 64.5 Å². The van der Waals surface area contributed by atoms with Gasteiger partial charge in [-0.3, -0.25) is 25.8 Å². The van der Waals surface area contributed by atoms with E-state index in [1.165, 1.54) is 12.3 Å². The summed E-state index contributed by atoms with van der Waals surface area (Å²) in [6, 6.07) is 6.48. The lowest BCUT2D eigenvalue weighted by molar-refractivity contribution is -0.383. The van der Waals surface area contributed by atoms with Gasteiger partial charge in [0.1, 0.15) is 12.1 Å². The van der Waals surface area contributed by atoms with Crippen LogP contribution in [0.3, 0.4) is 0 Å². The fourth-order valence-electron chi connectivity index (χ4n) is 2.05. The molecule has 0 saturated heterocycles. The number of nitro groups is 1. The van der Waals surface area contributed by atoms with Crippen molar-refractivity contribution in [2.24, 2.45) is 0 Å². The highest BCUT2D eigenvalue weighted by molar-refractivity contribution is 5.92. The molecule has 0 unspecified atom stereocenters. The van der Waals surface area contributed by atoms with Crippen molar-refractivity contribution in [2.45, 2.75) is 6.92 Å². The smallest absolute Gasteiger partial charge is 0.355 e. The van der Waals surface area contributed by atoms with Crippen LogP contribution in [0.5, 0.6) is 0 Å². The van der Waals surface area contributed by atoms with Crippen LogP contribution in [0.2, 0.25) is 0 Å². The summed E-state index contributed by atoms with van der Waals surface area (Å²) >= 11 is 0. The van der Waals surface area contributed by atoms with Crippen molar-refractivity contribution in [2.75, 3.05) is 10.7 Å². The molecule has 3 aromatic heterocycles. The normalized spacial score (nSPS) is 10.2. The number of carbonyl (C=O) groups is 1. The zero-order valence-corrected chi connectivity index (χ0v) is 13.5. The average molecular weight is 355 g/mol. The summed E-state index contributed by atoms with van der Waals surface area (Å²) in [6.45, 7) is 1.86. The van der Waals surface area contributed by atoms with Crippen molar-refractivity contribution in [3.63, 3.8) is 0 Å². The van der Waals surface area contributed by atoms with Gasteiger partial charge in [0.15, 0.2) is 5.76 Å². The van der Waals surface area contributed by atoms with Crippen LogP contribution in [0.4, 0.5) is 23.1 Å². The van der Waals surface area contributed by atoms with E-state index in [1.807, 2.05) is 6.92 Å². The minimum atomic E-state index is -0.667. The zero-order chi connectivity index (χ0) is 18.5. The Morgan fingerprint density at radius 3 is 2.73 bits per heavy atom. The second kappa shape index (κ2) is 7.25. The number of aryl methyl sites for hydroxylation is 1. The molecule has 1 amide bonds. The number of nitrogens with one attached hydrogen (secondary N) is 3. The van der Waals surface area contributed by atoms with Crippen LogP contribution in [-0.4, -0.2) is 25.8 Å². The lowest BCUT2D eigenvalue weighted by atomic mass is 10.3. The third-order valence-corrected chi connectivity index (χ3v) is 3.21. The van der Waals surface area contributed by atoms with E-state index in [0.29, 0.717) is 5.82 Å². The third kappa shape index (κ3) is 3.72. The topological polar surface area (TPSA) is 148 Å². The Morgan fingerprint density at radius 2 is 2.04 bits per heavy atom. The summed E-state index contributed by atoms with van der Waals surface area (Å²) in [5.41, 5.74) is 5.15. The molecule has 0 spiro atoms. The van der Waals surface area contributed by atoms with Crippen molar-refractivity contribution in [1.29, 1.82) is 0 Å². The molecule has 11 heteroatoms. The summed E-state index contributed by atoms with van der Waals surface area (Å²) in [7, 11) is 0. The Morgan fingerprint density at radius 1 is 1.23 bits per heavy atom. The first-order valence-corrected chi connectivity index (χ1v) is 7.33. The van der Waals surface area contributed by atoms with Gasteiger partial charge in [0.05, 0.1) is 11.2 Å². The van der Waals surface area contributed by atoms with Crippen molar-refractivity contribution in [3.8, 4) is 0 Å². The third-order valence-electron chi connectivity index (χ3n) is 3.21. The summed E-state index contributed by atoms with van der Waals surface area (Å²) < 4.78 is 4.94. The first-order valence-electron chi connectivity index (χ1n) is 7.33. The number of anilines is 3. The highest BCUT2D eigenvalue weighted by atomic mass is 16.6. The van der Waals surface area contributed by atoms with Crippen LogP contribution in [0.25, 0.3) is 0 Å². The second-order valence-corrected chi connectivity index (χ2v) is 5.08. The summed E-state index contributed by atoms with van der Waals surface area (Å²) in [5.74, 6) is -0.454. The molecule has 0 aliphatic heterocycles. The van der Waals surface area contributed by atoms with Gasteiger partial charge in [-0.25, -0.2) is 15.0 Å². The fraction of sp³-hybridized carbons (Fsp3) is 0.0667. The van der Waals surface area contributed by atoms with Crippen LogP contribution in [0.1, 0.15) is 16.1 Å². The number of amides is 1. The molecular weight excluding hydrogens is 342 g/mol. The molecule has 0 fully saturated rings. The number of hydrogen-bond donors (Lipinski definition) is 3. The Bertz CT molecular complexity index is 943. The molecule has 0 aliphatic rings. The number of hydrogen-bond acceptors (Lipinski definition) is 9. The van der Waals surface area contributed by atoms with Gasteiger partial charge in [-0.05, 0) is 36.8 Å². The van der Waals surface area contributed by atoms with Gasteiger partial charge in [-0.2, -0.15) is 0 Å². The maximum Gasteiger partial charge on any atom is 0.355 e. The lowest BCUT2D eigenvalue weighted by Gasteiger charge is -2.10. The van der Waals surface area contributed by atoms with Gasteiger partial charge in [0, 0.05) is 6.20 Å². The highest BCUT2D eigenvalue weighted by Crippen LogP contribution is 2.30. The first kappa shape index (κ1) is 16.8. The van der Waals surface area contributed by atoms with Crippen LogP contribution in [-0.2, 0) is 0 Å². The molecule has 0 saturated carbocycles. The Kier molecular flexibility index (Phi) is 4.69. The highest BCUT2D eigenvalue weighted by Gasteiger charge is 2.24. The molecule has 11 nitrogen and oxygen atoms in total. The number of rotatable bonds is 6. The van der Waals surface area contributed by atoms with Crippen LogP contribution >= 0.6 is 0 Å². The van der Waals surface area contributed by atoms with Crippen LogP contribution < -0.4 is 16.2 Å². The monoisotopic (exact) mass is 355 g/mol. The zero-order valence-electron chi connectivity index (χ0n) is 13.5. The molecule has 3 aromatic rings. The van der Waals surface area contributed by atoms with Gasteiger partial charge in [0.25, 0.3) is 0 Å². The molecule has 0 aliphatic carbocycles. The standard InChI is InChI=1S/C15H13N7O4/c1-9-4-5-16-11(7-9)19-13-12(22(24)25)14(18-8-17-13)20-21-15(23)10-3-2-6-26-10/h2-8H,1H3,(H,21,23)(H2,16,17,18,19,20). The molecule has 0 atom stereocenters. The predicted molar refractivity (Wildman–Crippen MR) is 90.7 cm³/mol. The van der Waals surface area contributed by atoms with Crippen molar-refractivity contribution >= 4 is 29.0 Å². The van der Waals surface area contributed by atoms with Gasteiger partial charge in [0.2, 0.25) is 11.6 Å². The van der Waals surface area contributed by atoms with Gasteiger partial charge < -0.3 is 9.73 Å². The van der Waals surface area contributed by atoms with E-state index in [1.54, 1.807) is 24.4 Å². The second-order valence-electron chi connectivity index (χ2n) is 5.08. The molecule has 132 valence electrons. The van der Waals surface area contributed by atoms with Crippen molar-refractivity contribution in [1.82, 2.24) is 20.4 Å². The van der Waals surface area contributed by atoms with E-state index < -0.39 is 16.5 Å². The minimum Gasteiger partial charge on any atom is -0.459 e. The average Bonchev–Trinajstić information content (AvgIpc) is 3.14. The molecule has 0 aromatic carbocycles. The summed E-state index contributed by atoms with van der Waals surface area (Å²) in [5, 5.41) is 14.2.